The highest BCUT2D eigenvalue weighted by molar-refractivity contribution is 9.10. The number of likely N-dealkylation sites (N-methyl/N-ethyl adjacent to an activating group) is 1. The summed E-state index contributed by atoms with van der Waals surface area (Å²) in [4.78, 5) is 0. The monoisotopic (exact) mass is 261 g/mol. The molecule has 0 aromatic heterocycles. The molecule has 0 radical (unpaired) electrons. The van der Waals surface area contributed by atoms with Crippen molar-refractivity contribution in [2.45, 2.75) is 6.42 Å². The third kappa shape index (κ3) is 2.45. The van der Waals surface area contributed by atoms with Crippen LogP contribution in [0.5, 0.6) is 5.75 Å². The normalized spacial score (nSPS) is 10.3. The minimum Gasteiger partial charge on any atom is -0.496 e. The molecule has 0 saturated carbocycles. The Labute approximate surface area is 91.6 Å². The minimum atomic E-state index is -0.201. The zero-order chi connectivity index (χ0) is 10.6. The quantitative estimate of drug-likeness (QED) is 0.899. The molecular weight excluding hydrogens is 249 g/mol. The third-order valence-electron chi connectivity index (χ3n) is 2.00. The summed E-state index contributed by atoms with van der Waals surface area (Å²) in [5.41, 5.74) is 0.652. The second-order valence-corrected chi connectivity index (χ2v) is 3.69. The van der Waals surface area contributed by atoms with Crippen LogP contribution < -0.4 is 10.1 Å². The van der Waals surface area contributed by atoms with Gasteiger partial charge in [-0.1, -0.05) is 0 Å². The first-order valence-corrected chi connectivity index (χ1v) is 5.15. The van der Waals surface area contributed by atoms with E-state index in [1.807, 2.05) is 7.05 Å². The molecule has 1 aromatic carbocycles. The number of halogens is 2. The number of nitrogens with one attached hydrogen (secondary N) is 1. The van der Waals surface area contributed by atoms with Crippen LogP contribution in [0.1, 0.15) is 5.56 Å². The number of rotatable bonds is 4. The van der Waals surface area contributed by atoms with Crippen molar-refractivity contribution in [3.63, 3.8) is 0 Å². The number of hydrogen-bond acceptors (Lipinski definition) is 2. The molecule has 0 amide bonds. The highest BCUT2D eigenvalue weighted by atomic mass is 79.9. The van der Waals surface area contributed by atoms with Crippen molar-refractivity contribution >= 4 is 15.9 Å². The van der Waals surface area contributed by atoms with E-state index < -0.39 is 0 Å². The molecule has 4 heteroatoms. The fourth-order valence-corrected chi connectivity index (χ4v) is 1.89. The van der Waals surface area contributed by atoms with Crippen LogP contribution in [-0.2, 0) is 6.42 Å². The lowest BCUT2D eigenvalue weighted by atomic mass is 10.1. The van der Waals surface area contributed by atoms with Gasteiger partial charge in [0.1, 0.15) is 11.6 Å². The van der Waals surface area contributed by atoms with Crippen molar-refractivity contribution in [1.82, 2.24) is 5.32 Å². The van der Waals surface area contributed by atoms with Crippen molar-refractivity contribution < 1.29 is 9.13 Å². The van der Waals surface area contributed by atoms with Gasteiger partial charge in [-0.25, -0.2) is 4.39 Å². The van der Waals surface area contributed by atoms with E-state index in [1.54, 1.807) is 13.2 Å². The molecule has 0 unspecified atom stereocenters. The Morgan fingerprint density at radius 2 is 2.21 bits per heavy atom. The van der Waals surface area contributed by atoms with E-state index in [-0.39, 0.29) is 5.82 Å². The Kier molecular flexibility index (Phi) is 4.35. The first-order valence-electron chi connectivity index (χ1n) is 4.36. The van der Waals surface area contributed by atoms with Crippen molar-refractivity contribution in [1.29, 1.82) is 0 Å². The predicted molar refractivity (Wildman–Crippen MR) is 58.3 cm³/mol. The van der Waals surface area contributed by atoms with Crippen molar-refractivity contribution in [2.24, 2.45) is 0 Å². The number of hydrogen-bond donors (Lipinski definition) is 1. The summed E-state index contributed by atoms with van der Waals surface area (Å²) in [7, 11) is 3.41. The van der Waals surface area contributed by atoms with Gasteiger partial charge in [-0.2, -0.15) is 0 Å². The van der Waals surface area contributed by atoms with Crippen molar-refractivity contribution in [3.05, 3.63) is 28.0 Å². The molecule has 78 valence electrons. The van der Waals surface area contributed by atoms with Crippen LogP contribution in [0.2, 0.25) is 0 Å². The Morgan fingerprint density at radius 1 is 1.50 bits per heavy atom. The predicted octanol–water partition coefficient (Wildman–Crippen LogP) is 2.36. The van der Waals surface area contributed by atoms with Crippen molar-refractivity contribution in [2.75, 3.05) is 20.7 Å². The molecule has 1 N–H and O–H groups in total. The van der Waals surface area contributed by atoms with E-state index in [4.69, 9.17) is 4.74 Å². The average molecular weight is 262 g/mol. The van der Waals surface area contributed by atoms with Crippen LogP contribution in [0.15, 0.2) is 16.6 Å². The van der Waals surface area contributed by atoms with Crippen LogP contribution in [0.4, 0.5) is 4.39 Å². The maximum absolute atomic E-state index is 13.4. The molecular formula is C10H13BrFNO. The Hall–Kier alpha value is -0.610. The number of ether oxygens (including phenoxy) is 1. The zero-order valence-corrected chi connectivity index (χ0v) is 9.82. The molecule has 1 aromatic rings. The lowest BCUT2D eigenvalue weighted by Gasteiger charge is -2.09. The van der Waals surface area contributed by atoms with Crippen LogP contribution >= 0.6 is 15.9 Å². The first kappa shape index (κ1) is 11.5. The summed E-state index contributed by atoms with van der Waals surface area (Å²) in [6, 6.07) is 3.04. The Balaban J connectivity index is 2.99. The summed E-state index contributed by atoms with van der Waals surface area (Å²) in [5.74, 6) is 0.463. The van der Waals surface area contributed by atoms with Crippen LogP contribution in [0, 0.1) is 5.82 Å². The highest BCUT2D eigenvalue weighted by Gasteiger charge is 2.10. The molecule has 0 aliphatic rings. The van der Waals surface area contributed by atoms with Gasteiger partial charge in [-0.15, -0.1) is 0 Å². The SMILES string of the molecule is CNCCc1c(F)ccc(OC)c1Br. The van der Waals surface area contributed by atoms with E-state index in [2.05, 4.69) is 21.2 Å². The van der Waals surface area contributed by atoms with Crippen molar-refractivity contribution in [3.8, 4) is 5.75 Å². The highest BCUT2D eigenvalue weighted by Crippen LogP contribution is 2.30. The summed E-state index contributed by atoms with van der Waals surface area (Å²) in [6.07, 6.45) is 0.639. The van der Waals surface area contributed by atoms with Gasteiger partial charge in [-0.3, -0.25) is 0 Å². The fourth-order valence-electron chi connectivity index (χ4n) is 1.21. The summed E-state index contributed by atoms with van der Waals surface area (Å²) in [6.45, 7) is 0.739. The second-order valence-electron chi connectivity index (χ2n) is 2.90. The molecule has 0 saturated heterocycles. The lowest BCUT2D eigenvalue weighted by molar-refractivity contribution is 0.409. The molecule has 1 rings (SSSR count). The molecule has 0 atom stereocenters. The van der Waals surface area contributed by atoms with Gasteiger partial charge in [0.15, 0.2) is 0 Å². The maximum Gasteiger partial charge on any atom is 0.133 e. The Bertz CT molecular complexity index is 317. The fraction of sp³-hybridized carbons (Fsp3) is 0.400. The molecule has 0 bridgehead atoms. The summed E-state index contributed by atoms with van der Waals surface area (Å²) >= 11 is 3.33. The number of methoxy groups -OCH3 is 1. The summed E-state index contributed by atoms with van der Waals surface area (Å²) < 4.78 is 19.2. The lowest BCUT2D eigenvalue weighted by Crippen LogP contribution is -2.11. The minimum absolute atomic E-state index is 0.201. The average Bonchev–Trinajstić information content (AvgIpc) is 2.18. The van der Waals surface area contributed by atoms with E-state index in [0.29, 0.717) is 22.2 Å². The molecule has 0 spiro atoms. The molecule has 14 heavy (non-hydrogen) atoms. The van der Waals surface area contributed by atoms with Gasteiger partial charge in [0.25, 0.3) is 0 Å². The molecule has 0 aliphatic carbocycles. The first-order chi connectivity index (χ1) is 6.70. The smallest absolute Gasteiger partial charge is 0.133 e. The van der Waals surface area contributed by atoms with Crippen LogP contribution in [0.3, 0.4) is 0 Å². The van der Waals surface area contributed by atoms with Gasteiger partial charge < -0.3 is 10.1 Å². The van der Waals surface area contributed by atoms with E-state index in [9.17, 15) is 4.39 Å². The topological polar surface area (TPSA) is 21.3 Å². The largest absolute Gasteiger partial charge is 0.496 e. The van der Waals surface area contributed by atoms with E-state index in [1.165, 1.54) is 6.07 Å². The van der Waals surface area contributed by atoms with E-state index in [0.717, 1.165) is 6.54 Å². The van der Waals surface area contributed by atoms with Gasteiger partial charge in [-0.05, 0) is 48.1 Å². The van der Waals surface area contributed by atoms with Gasteiger partial charge >= 0.3 is 0 Å². The summed E-state index contributed by atoms with van der Waals surface area (Å²) in [5, 5.41) is 2.98. The molecule has 0 fully saturated rings. The van der Waals surface area contributed by atoms with E-state index >= 15 is 0 Å². The van der Waals surface area contributed by atoms with Crippen LogP contribution in [0.25, 0.3) is 0 Å². The van der Waals surface area contributed by atoms with Gasteiger partial charge in [0.05, 0.1) is 11.6 Å². The maximum atomic E-state index is 13.4. The Morgan fingerprint density at radius 3 is 2.79 bits per heavy atom. The number of benzene rings is 1. The zero-order valence-electron chi connectivity index (χ0n) is 8.23. The van der Waals surface area contributed by atoms with Gasteiger partial charge in [0.2, 0.25) is 0 Å². The third-order valence-corrected chi connectivity index (χ3v) is 2.86. The van der Waals surface area contributed by atoms with Gasteiger partial charge in [0, 0.05) is 5.56 Å². The molecule has 0 heterocycles. The molecule has 2 nitrogen and oxygen atoms in total. The standard InChI is InChI=1S/C10H13BrFNO/c1-13-6-5-7-8(12)3-4-9(14-2)10(7)11/h3-4,13H,5-6H2,1-2H3. The second kappa shape index (κ2) is 5.32. The molecule has 0 aliphatic heterocycles. The van der Waals surface area contributed by atoms with Crippen LogP contribution in [-0.4, -0.2) is 20.7 Å².